The molecule has 2 N–H and O–H groups in total. The molecule has 2 aromatic carbocycles. The Morgan fingerprint density at radius 3 is 2.24 bits per heavy atom. The van der Waals surface area contributed by atoms with Crippen molar-refractivity contribution in [3.8, 4) is 22.7 Å². The SMILES string of the molecule is COc1ccc(-n2nc(C3(C(=O)O)CCN(C(=O)N(C)O)CC3)cc2-c2ccccc2)cc1. The number of urea groups is 1. The summed E-state index contributed by atoms with van der Waals surface area (Å²) in [7, 11) is 2.85. The average molecular weight is 450 g/mol. The molecule has 0 atom stereocenters. The number of nitrogens with zero attached hydrogens (tertiary/aromatic N) is 4. The molecule has 1 fully saturated rings. The number of piperidine rings is 1. The highest BCUT2D eigenvalue weighted by Gasteiger charge is 2.46. The first-order valence-electron chi connectivity index (χ1n) is 10.6. The lowest BCUT2D eigenvalue weighted by Crippen LogP contribution is -2.51. The Hall–Kier alpha value is -3.85. The molecule has 1 aliphatic rings. The van der Waals surface area contributed by atoms with Gasteiger partial charge in [0.15, 0.2) is 0 Å². The van der Waals surface area contributed by atoms with Gasteiger partial charge in [-0.05, 0) is 43.2 Å². The van der Waals surface area contributed by atoms with E-state index in [1.165, 1.54) is 11.9 Å². The van der Waals surface area contributed by atoms with Crippen LogP contribution in [-0.4, -0.2) is 69.3 Å². The predicted octanol–water partition coefficient (Wildman–Crippen LogP) is 3.41. The van der Waals surface area contributed by atoms with Gasteiger partial charge in [0.2, 0.25) is 0 Å². The van der Waals surface area contributed by atoms with Crippen LogP contribution in [0.5, 0.6) is 5.75 Å². The van der Waals surface area contributed by atoms with E-state index in [4.69, 9.17) is 9.84 Å². The topological polar surface area (TPSA) is 108 Å². The molecule has 33 heavy (non-hydrogen) atoms. The fourth-order valence-electron chi connectivity index (χ4n) is 4.21. The van der Waals surface area contributed by atoms with E-state index in [1.807, 2.05) is 60.7 Å². The van der Waals surface area contributed by atoms with Crippen LogP contribution in [0.15, 0.2) is 60.7 Å². The minimum atomic E-state index is -1.24. The maximum atomic E-state index is 12.5. The van der Waals surface area contributed by atoms with Crippen LogP contribution < -0.4 is 4.74 Å². The molecule has 2 heterocycles. The summed E-state index contributed by atoms with van der Waals surface area (Å²) in [4.78, 5) is 26.1. The molecule has 0 bridgehead atoms. The van der Waals surface area contributed by atoms with E-state index in [0.29, 0.717) is 16.5 Å². The number of ether oxygens (including phenoxy) is 1. The number of carboxylic acid groups (broad SMARTS) is 1. The number of benzene rings is 2. The number of hydroxylamine groups is 2. The molecule has 0 spiro atoms. The van der Waals surface area contributed by atoms with Gasteiger partial charge in [0.25, 0.3) is 0 Å². The second-order valence-corrected chi connectivity index (χ2v) is 8.07. The molecule has 0 saturated carbocycles. The van der Waals surface area contributed by atoms with Gasteiger partial charge in [-0.25, -0.2) is 14.5 Å². The normalized spacial score (nSPS) is 15.2. The second kappa shape index (κ2) is 8.95. The zero-order valence-electron chi connectivity index (χ0n) is 18.5. The van der Waals surface area contributed by atoms with E-state index < -0.39 is 17.4 Å². The summed E-state index contributed by atoms with van der Waals surface area (Å²) < 4.78 is 7.00. The molecule has 0 aliphatic carbocycles. The first-order chi connectivity index (χ1) is 15.9. The van der Waals surface area contributed by atoms with Crippen molar-refractivity contribution in [1.82, 2.24) is 19.7 Å². The van der Waals surface area contributed by atoms with Crippen LogP contribution in [0, 0.1) is 0 Å². The highest BCUT2D eigenvalue weighted by atomic mass is 16.5. The van der Waals surface area contributed by atoms with Crippen molar-refractivity contribution < 1.29 is 24.6 Å². The van der Waals surface area contributed by atoms with E-state index in [-0.39, 0.29) is 25.9 Å². The number of aliphatic carboxylic acids is 1. The standard InChI is InChI=1S/C24H26N4O5/c1-26(32)23(31)27-14-12-24(13-15-27,22(29)30)21-16-20(17-6-4-3-5-7-17)28(25-21)18-8-10-19(33-2)11-9-18/h3-11,16,32H,12-15H2,1-2H3,(H,29,30). The number of amides is 2. The maximum Gasteiger partial charge on any atom is 0.343 e. The fourth-order valence-corrected chi connectivity index (χ4v) is 4.21. The van der Waals surface area contributed by atoms with Gasteiger partial charge >= 0.3 is 12.0 Å². The zero-order chi connectivity index (χ0) is 23.6. The van der Waals surface area contributed by atoms with Crippen LogP contribution in [0.4, 0.5) is 4.79 Å². The summed E-state index contributed by atoms with van der Waals surface area (Å²) in [6, 6.07) is 18.3. The van der Waals surface area contributed by atoms with Crippen LogP contribution >= 0.6 is 0 Å². The lowest BCUT2D eigenvalue weighted by Gasteiger charge is -2.38. The Morgan fingerprint density at radius 2 is 1.70 bits per heavy atom. The van der Waals surface area contributed by atoms with Crippen molar-refractivity contribution in [2.75, 3.05) is 27.2 Å². The monoisotopic (exact) mass is 450 g/mol. The van der Waals surface area contributed by atoms with Gasteiger partial charge < -0.3 is 14.7 Å². The number of likely N-dealkylation sites (tertiary alicyclic amines) is 1. The fraction of sp³-hybridized carbons (Fsp3) is 0.292. The molecule has 3 aromatic rings. The van der Waals surface area contributed by atoms with E-state index in [1.54, 1.807) is 11.8 Å². The summed E-state index contributed by atoms with van der Waals surface area (Å²) in [5, 5.41) is 25.0. The third-order valence-corrected chi connectivity index (χ3v) is 6.16. The first kappa shape index (κ1) is 22.3. The van der Waals surface area contributed by atoms with E-state index >= 15 is 0 Å². The van der Waals surface area contributed by atoms with Gasteiger partial charge in [-0.2, -0.15) is 5.10 Å². The average Bonchev–Trinajstić information content (AvgIpc) is 3.30. The largest absolute Gasteiger partial charge is 0.497 e. The summed E-state index contributed by atoms with van der Waals surface area (Å²) in [6.07, 6.45) is 0.380. The van der Waals surface area contributed by atoms with Crippen molar-refractivity contribution in [1.29, 1.82) is 0 Å². The molecule has 4 rings (SSSR count). The third kappa shape index (κ3) is 4.14. The summed E-state index contributed by atoms with van der Waals surface area (Å²) in [6.45, 7) is 0.401. The van der Waals surface area contributed by atoms with E-state index in [2.05, 4.69) is 0 Å². The van der Waals surface area contributed by atoms with Gasteiger partial charge in [0.05, 0.1) is 24.2 Å². The smallest absolute Gasteiger partial charge is 0.343 e. The molecule has 0 unspecified atom stereocenters. The Balaban J connectivity index is 1.77. The van der Waals surface area contributed by atoms with Crippen LogP contribution in [0.2, 0.25) is 0 Å². The molecule has 9 heteroatoms. The molecular formula is C24H26N4O5. The van der Waals surface area contributed by atoms with Crippen molar-refractivity contribution in [3.63, 3.8) is 0 Å². The number of carboxylic acids is 1. The zero-order valence-corrected chi connectivity index (χ0v) is 18.5. The number of aromatic nitrogens is 2. The third-order valence-electron chi connectivity index (χ3n) is 6.16. The summed E-state index contributed by atoms with van der Waals surface area (Å²) in [5.41, 5.74) is 1.64. The van der Waals surface area contributed by atoms with E-state index in [9.17, 15) is 19.9 Å². The van der Waals surface area contributed by atoms with Crippen molar-refractivity contribution in [2.45, 2.75) is 18.3 Å². The Bertz CT molecular complexity index is 1130. The minimum Gasteiger partial charge on any atom is -0.497 e. The first-order valence-corrected chi connectivity index (χ1v) is 10.6. The summed E-state index contributed by atoms with van der Waals surface area (Å²) >= 11 is 0. The molecule has 2 amide bonds. The lowest BCUT2D eigenvalue weighted by molar-refractivity contribution is -0.146. The number of methoxy groups -OCH3 is 1. The predicted molar refractivity (Wildman–Crippen MR) is 121 cm³/mol. The van der Waals surface area contributed by atoms with Crippen molar-refractivity contribution in [2.24, 2.45) is 0 Å². The molecule has 0 radical (unpaired) electrons. The lowest BCUT2D eigenvalue weighted by atomic mass is 9.75. The Labute approximate surface area is 191 Å². The molecular weight excluding hydrogens is 424 g/mol. The Kier molecular flexibility index (Phi) is 6.06. The molecule has 1 aromatic heterocycles. The molecule has 172 valence electrons. The minimum absolute atomic E-state index is 0.190. The number of carbonyl (C=O) groups excluding carboxylic acids is 1. The van der Waals surface area contributed by atoms with Crippen LogP contribution in [0.1, 0.15) is 18.5 Å². The van der Waals surface area contributed by atoms with Crippen molar-refractivity contribution >= 4 is 12.0 Å². The van der Waals surface area contributed by atoms with Crippen LogP contribution in [-0.2, 0) is 10.2 Å². The quantitative estimate of drug-likeness (QED) is 0.456. The van der Waals surface area contributed by atoms with Gasteiger partial charge in [-0.1, -0.05) is 30.3 Å². The highest BCUT2D eigenvalue weighted by molar-refractivity contribution is 5.82. The van der Waals surface area contributed by atoms with Crippen LogP contribution in [0.3, 0.4) is 0 Å². The van der Waals surface area contributed by atoms with E-state index in [0.717, 1.165) is 16.9 Å². The van der Waals surface area contributed by atoms with Crippen molar-refractivity contribution in [3.05, 3.63) is 66.4 Å². The number of hydrogen-bond acceptors (Lipinski definition) is 5. The van der Waals surface area contributed by atoms with Gasteiger partial charge in [0.1, 0.15) is 11.2 Å². The van der Waals surface area contributed by atoms with Crippen LogP contribution in [0.25, 0.3) is 16.9 Å². The van der Waals surface area contributed by atoms with Gasteiger partial charge in [0, 0.05) is 25.7 Å². The molecule has 1 aliphatic heterocycles. The molecule has 1 saturated heterocycles. The summed E-state index contributed by atoms with van der Waals surface area (Å²) in [5.74, 6) is -0.272. The highest BCUT2D eigenvalue weighted by Crippen LogP contribution is 2.38. The van der Waals surface area contributed by atoms with Gasteiger partial charge in [-0.15, -0.1) is 0 Å². The van der Waals surface area contributed by atoms with Gasteiger partial charge in [-0.3, -0.25) is 10.0 Å². The maximum absolute atomic E-state index is 12.5. The Morgan fingerprint density at radius 1 is 1.06 bits per heavy atom. The number of hydrogen-bond donors (Lipinski definition) is 2. The second-order valence-electron chi connectivity index (χ2n) is 8.07. The number of rotatable bonds is 5. The molecule has 9 nitrogen and oxygen atoms in total. The number of carbonyl (C=O) groups is 2.